The number of benzene rings is 1. The number of nitrogens with zero attached hydrogens (tertiary/aromatic N) is 3. The minimum absolute atomic E-state index is 0.651. The largest absolute Gasteiger partial charge is 0.490 e. The van der Waals surface area contributed by atoms with Gasteiger partial charge in [0.15, 0.2) is 11.6 Å². The van der Waals surface area contributed by atoms with Crippen LogP contribution in [0.15, 0.2) is 30.6 Å². The van der Waals surface area contributed by atoms with Crippen LogP contribution in [0, 0.1) is 6.92 Å². The molecule has 106 valence electrons. The summed E-state index contributed by atoms with van der Waals surface area (Å²) in [5.41, 5.74) is 2.30. The highest BCUT2D eigenvalue weighted by atomic mass is 16.5. The minimum atomic E-state index is 0.651. The summed E-state index contributed by atoms with van der Waals surface area (Å²) in [5.74, 6) is 2.10. The van der Waals surface area contributed by atoms with E-state index >= 15 is 0 Å². The first-order valence-corrected chi connectivity index (χ1v) is 6.62. The molecular weight excluding hydrogens is 252 g/mol. The van der Waals surface area contributed by atoms with Crippen molar-refractivity contribution in [1.82, 2.24) is 9.97 Å². The van der Waals surface area contributed by atoms with Gasteiger partial charge < -0.3 is 15.0 Å². The van der Waals surface area contributed by atoms with E-state index in [1.807, 2.05) is 13.1 Å². The van der Waals surface area contributed by atoms with E-state index in [1.54, 1.807) is 13.4 Å². The molecule has 1 N–H and O–H groups in total. The van der Waals surface area contributed by atoms with E-state index in [4.69, 9.17) is 4.74 Å². The fraction of sp³-hybridized carbons (Fsp3) is 0.333. The maximum absolute atomic E-state index is 5.47. The smallest absolute Gasteiger partial charge is 0.204 e. The summed E-state index contributed by atoms with van der Waals surface area (Å²) in [4.78, 5) is 10.7. The molecule has 0 aliphatic heterocycles. The third kappa shape index (κ3) is 2.66. The van der Waals surface area contributed by atoms with Crippen molar-refractivity contribution in [1.29, 1.82) is 0 Å². The molecule has 0 bridgehead atoms. The molecule has 5 nitrogen and oxygen atoms in total. The maximum Gasteiger partial charge on any atom is 0.204 e. The fourth-order valence-corrected chi connectivity index (χ4v) is 2.17. The predicted molar refractivity (Wildman–Crippen MR) is 82.0 cm³/mol. The average Bonchev–Trinajstić information content (AvgIpc) is 2.47. The number of aromatic nitrogens is 2. The SMILES string of the molecule is CCN(c1cccc(C)c1)c1ncnc(NC)c1OC. The first-order valence-electron chi connectivity index (χ1n) is 6.62. The number of rotatable bonds is 5. The Kier molecular flexibility index (Phi) is 4.40. The summed E-state index contributed by atoms with van der Waals surface area (Å²) in [5, 5.41) is 3.03. The van der Waals surface area contributed by atoms with E-state index < -0.39 is 0 Å². The summed E-state index contributed by atoms with van der Waals surface area (Å²) in [6, 6.07) is 8.31. The lowest BCUT2D eigenvalue weighted by atomic mass is 10.2. The average molecular weight is 272 g/mol. The third-order valence-electron chi connectivity index (χ3n) is 3.11. The van der Waals surface area contributed by atoms with E-state index in [9.17, 15) is 0 Å². The van der Waals surface area contributed by atoms with Crippen molar-refractivity contribution in [2.45, 2.75) is 13.8 Å². The number of hydrogen-bond acceptors (Lipinski definition) is 5. The topological polar surface area (TPSA) is 50.3 Å². The molecule has 0 aliphatic carbocycles. The van der Waals surface area contributed by atoms with E-state index in [0.29, 0.717) is 11.6 Å². The molecule has 20 heavy (non-hydrogen) atoms. The Morgan fingerprint density at radius 3 is 2.70 bits per heavy atom. The lowest BCUT2D eigenvalue weighted by Crippen LogP contribution is -2.19. The Labute approximate surface area is 119 Å². The van der Waals surface area contributed by atoms with Gasteiger partial charge in [-0.25, -0.2) is 9.97 Å². The molecule has 0 amide bonds. The zero-order valence-electron chi connectivity index (χ0n) is 12.3. The molecule has 1 aromatic carbocycles. The van der Waals surface area contributed by atoms with Gasteiger partial charge in [0, 0.05) is 19.3 Å². The number of methoxy groups -OCH3 is 1. The van der Waals surface area contributed by atoms with Crippen molar-refractivity contribution in [3.63, 3.8) is 0 Å². The van der Waals surface area contributed by atoms with E-state index in [2.05, 4.69) is 52.2 Å². The Bertz CT molecular complexity index is 586. The third-order valence-corrected chi connectivity index (χ3v) is 3.11. The zero-order chi connectivity index (χ0) is 14.5. The lowest BCUT2D eigenvalue weighted by Gasteiger charge is -2.24. The van der Waals surface area contributed by atoms with Crippen LogP contribution in [0.2, 0.25) is 0 Å². The van der Waals surface area contributed by atoms with Crippen molar-refractivity contribution >= 4 is 17.3 Å². The summed E-state index contributed by atoms with van der Waals surface area (Å²) < 4.78 is 5.47. The molecule has 0 fully saturated rings. The Morgan fingerprint density at radius 2 is 2.10 bits per heavy atom. The van der Waals surface area contributed by atoms with Crippen LogP contribution in [0.25, 0.3) is 0 Å². The monoisotopic (exact) mass is 272 g/mol. The number of aryl methyl sites for hydroxylation is 1. The van der Waals surface area contributed by atoms with Gasteiger partial charge in [-0.15, -0.1) is 0 Å². The molecule has 2 aromatic rings. The highest BCUT2D eigenvalue weighted by Gasteiger charge is 2.18. The van der Waals surface area contributed by atoms with Crippen molar-refractivity contribution in [3.05, 3.63) is 36.2 Å². The van der Waals surface area contributed by atoms with Gasteiger partial charge in [0.2, 0.25) is 5.75 Å². The quantitative estimate of drug-likeness (QED) is 0.906. The minimum Gasteiger partial charge on any atom is -0.490 e. The van der Waals surface area contributed by atoms with Crippen molar-refractivity contribution in [3.8, 4) is 5.75 Å². The van der Waals surface area contributed by atoms with Crippen LogP contribution >= 0.6 is 0 Å². The van der Waals surface area contributed by atoms with Crippen LogP contribution in [0.5, 0.6) is 5.75 Å². The Balaban J connectivity index is 2.52. The van der Waals surface area contributed by atoms with Crippen molar-refractivity contribution in [2.75, 3.05) is 30.9 Å². The second kappa shape index (κ2) is 6.23. The summed E-state index contributed by atoms with van der Waals surface area (Å²) in [6.07, 6.45) is 1.54. The number of nitrogens with one attached hydrogen (secondary N) is 1. The molecule has 0 saturated carbocycles. The van der Waals surface area contributed by atoms with Crippen LogP contribution in [0.3, 0.4) is 0 Å². The van der Waals surface area contributed by atoms with Gasteiger partial charge in [0.1, 0.15) is 6.33 Å². The maximum atomic E-state index is 5.47. The molecule has 5 heteroatoms. The molecule has 2 rings (SSSR count). The van der Waals surface area contributed by atoms with E-state index in [0.717, 1.165) is 18.1 Å². The van der Waals surface area contributed by atoms with Gasteiger partial charge in [0.25, 0.3) is 0 Å². The van der Waals surface area contributed by atoms with Gasteiger partial charge in [-0.3, -0.25) is 0 Å². The normalized spacial score (nSPS) is 10.2. The molecule has 0 aliphatic rings. The fourth-order valence-electron chi connectivity index (χ4n) is 2.17. The first kappa shape index (κ1) is 14.1. The van der Waals surface area contributed by atoms with E-state index in [-0.39, 0.29) is 0 Å². The van der Waals surface area contributed by atoms with Gasteiger partial charge in [-0.2, -0.15) is 0 Å². The van der Waals surface area contributed by atoms with Crippen LogP contribution in [-0.4, -0.2) is 30.7 Å². The molecule has 1 aromatic heterocycles. The van der Waals surface area contributed by atoms with Gasteiger partial charge >= 0.3 is 0 Å². The Morgan fingerprint density at radius 1 is 1.30 bits per heavy atom. The molecule has 0 atom stereocenters. The van der Waals surface area contributed by atoms with Crippen molar-refractivity contribution in [2.24, 2.45) is 0 Å². The second-order valence-corrected chi connectivity index (χ2v) is 4.41. The van der Waals surface area contributed by atoms with Gasteiger partial charge in [0.05, 0.1) is 7.11 Å². The summed E-state index contributed by atoms with van der Waals surface area (Å²) in [7, 11) is 3.45. The number of anilines is 3. The molecule has 0 unspecified atom stereocenters. The molecule has 0 spiro atoms. The molecule has 0 saturated heterocycles. The Hall–Kier alpha value is -2.30. The van der Waals surface area contributed by atoms with Crippen LogP contribution < -0.4 is 15.0 Å². The van der Waals surface area contributed by atoms with Crippen LogP contribution in [-0.2, 0) is 0 Å². The van der Waals surface area contributed by atoms with E-state index in [1.165, 1.54) is 5.56 Å². The van der Waals surface area contributed by atoms with Gasteiger partial charge in [-0.1, -0.05) is 12.1 Å². The molecular formula is C15H20N4O. The first-order chi connectivity index (χ1) is 9.71. The summed E-state index contributed by atoms with van der Waals surface area (Å²) in [6.45, 7) is 4.95. The zero-order valence-corrected chi connectivity index (χ0v) is 12.3. The number of ether oxygens (including phenoxy) is 1. The standard InChI is InChI=1S/C15H20N4O/c1-5-19(12-8-6-7-11(2)9-12)15-13(20-4)14(16-3)17-10-18-15/h6-10H,5H2,1-4H3,(H,16,17,18). The lowest BCUT2D eigenvalue weighted by molar-refractivity contribution is 0.413. The number of hydrogen-bond donors (Lipinski definition) is 1. The molecule has 1 heterocycles. The second-order valence-electron chi connectivity index (χ2n) is 4.41. The predicted octanol–water partition coefficient (Wildman–Crippen LogP) is 2.99. The highest BCUT2D eigenvalue weighted by molar-refractivity contribution is 5.71. The summed E-state index contributed by atoms with van der Waals surface area (Å²) >= 11 is 0. The van der Waals surface area contributed by atoms with Gasteiger partial charge in [-0.05, 0) is 31.5 Å². The highest BCUT2D eigenvalue weighted by Crippen LogP contribution is 2.35. The van der Waals surface area contributed by atoms with Crippen molar-refractivity contribution < 1.29 is 4.74 Å². The van der Waals surface area contributed by atoms with Crippen LogP contribution in [0.4, 0.5) is 17.3 Å². The molecule has 0 radical (unpaired) electrons. The van der Waals surface area contributed by atoms with Crippen LogP contribution in [0.1, 0.15) is 12.5 Å².